The number of piperidine rings is 1. The molecule has 5 nitrogen and oxygen atoms in total. The summed E-state index contributed by atoms with van der Waals surface area (Å²) in [4.78, 5) is 15.5. The smallest absolute Gasteiger partial charge is 0.236 e. The summed E-state index contributed by atoms with van der Waals surface area (Å²) in [5.41, 5.74) is 0.590. The number of thioether (sulfide) groups is 1. The zero-order chi connectivity index (χ0) is 17.9. The molecule has 3 rings (SSSR count). The van der Waals surface area contributed by atoms with Crippen LogP contribution in [0, 0.1) is 0 Å². The Bertz CT molecular complexity index is 709. The SMILES string of the molecule is CC(C)Sc1nnc(NC(=O)C2(c3ccccc3)CCN(C)CC2)s1. The van der Waals surface area contributed by atoms with Crippen molar-refractivity contribution in [3.05, 3.63) is 35.9 Å². The molecule has 1 aromatic heterocycles. The van der Waals surface area contributed by atoms with Gasteiger partial charge in [-0.1, -0.05) is 67.3 Å². The topological polar surface area (TPSA) is 58.1 Å². The molecule has 1 aromatic carbocycles. The molecule has 2 heterocycles. The third-order valence-corrected chi connectivity index (χ3v) is 6.49. The van der Waals surface area contributed by atoms with Crippen molar-refractivity contribution >= 4 is 34.1 Å². The average molecular weight is 377 g/mol. The van der Waals surface area contributed by atoms with E-state index in [1.807, 2.05) is 18.2 Å². The maximum absolute atomic E-state index is 13.2. The Morgan fingerprint density at radius 2 is 1.92 bits per heavy atom. The van der Waals surface area contributed by atoms with Gasteiger partial charge in [0.1, 0.15) is 0 Å². The van der Waals surface area contributed by atoms with E-state index in [0.29, 0.717) is 10.4 Å². The Hall–Kier alpha value is -1.44. The zero-order valence-corrected chi connectivity index (χ0v) is 16.5. The number of hydrogen-bond donors (Lipinski definition) is 1. The Labute approximate surface area is 157 Å². The molecule has 0 unspecified atom stereocenters. The summed E-state index contributed by atoms with van der Waals surface area (Å²) in [5, 5.41) is 12.4. The largest absolute Gasteiger partial charge is 0.306 e. The molecule has 1 aliphatic heterocycles. The molecular formula is C18H24N4OS2. The molecule has 0 atom stereocenters. The van der Waals surface area contributed by atoms with Gasteiger partial charge in [-0.3, -0.25) is 10.1 Å². The second kappa shape index (κ2) is 7.85. The highest BCUT2D eigenvalue weighted by Crippen LogP contribution is 2.37. The molecule has 1 aliphatic rings. The summed E-state index contributed by atoms with van der Waals surface area (Å²) in [6.07, 6.45) is 1.62. The summed E-state index contributed by atoms with van der Waals surface area (Å²) < 4.78 is 0.891. The number of rotatable bonds is 5. The number of aromatic nitrogens is 2. The van der Waals surface area contributed by atoms with Gasteiger partial charge in [-0.15, -0.1) is 10.2 Å². The Kier molecular flexibility index (Phi) is 5.76. The molecule has 1 saturated heterocycles. The number of nitrogens with one attached hydrogen (secondary N) is 1. The van der Waals surface area contributed by atoms with Crippen LogP contribution in [0.2, 0.25) is 0 Å². The molecule has 134 valence electrons. The van der Waals surface area contributed by atoms with Crippen LogP contribution >= 0.6 is 23.1 Å². The van der Waals surface area contributed by atoms with Crippen molar-refractivity contribution in [2.75, 3.05) is 25.5 Å². The minimum Gasteiger partial charge on any atom is -0.306 e. The highest BCUT2D eigenvalue weighted by Gasteiger charge is 2.42. The van der Waals surface area contributed by atoms with E-state index in [-0.39, 0.29) is 5.91 Å². The van der Waals surface area contributed by atoms with E-state index in [1.54, 1.807) is 11.8 Å². The molecule has 0 saturated carbocycles. The van der Waals surface area contributed by atoms with E-state index in [0.717, 1.165) is 35.8 Å². The monoisotopic (exact) mass is 376 g/mol. The molecule has 0 spiro atoms. The van der Waals surface area contributed by atoms with Gasteiger partial charge >= 0.3 is 0 Å². The van der Waals surface area contributed by atoms with Crippen molar-refractivity contribution in [3.63, 3.8) is 0 Å². The van der Waals surface area contributed by atoms with Crippen LogP contribution in [0.3, 0.4) is 0 Å². The molecule has 0 aliphatic carbocycles. The molecule has 1 N–H and O–H groups in total. The number of amides is 1. The standard InChI is InChI=1S/C18H24N4OS2/c1-13(2)24-17-21-20-16(25-17)19-15(23)18(9-11-22(3)12-10-18)14-7-5-4-6-8-14/h4-8,13H,9-12H2,1-3H3,(H,19,20,23). The second-order valence-corrected chi connectivity index (χ2v) is 9.55. The van der Waals surface area contributed by atoms with Crippen molar-refractivity contribution < 1.29 is 4.79 Å². The van der Waals surface area contributed by atoms with Gasteiger partial charge in [0.15, 0.2) is 4.34 Å². The Morgan fingerprint density at radius 1 is 1.24 bits per heavy atom. The lowest BCUT2D eigenvalue weighted by atomic mass is 9.72. The lowest BCUT2D eigenvalue weighted by molar-refractivity contribution is -0.123. The van der Waals surface area contributed by atoms with Crippen molar-refractivity contribution in [2.45, 2.75) is 41.7 Å². The predicted octanol–water partition coefficient (Wildman–Crippen LogP) is 3.64. The molecule has 1 fully saturated rings. The van der Waals surface area contributed by atoms with Crippen molar-refractivity contribution in [1.82, 2.24) is 15.1 Å². The van der Waals surface area contributed by atoms with E-state index in [9.17, 15) is 4.79 Å². The van der Waals surface area contributed by atoms with E-state index in [4.69, 9.17) is 0 Å². The summed E-state index contributed by atoms with van der Waals surface area (Å²) in [7, 11) is 2.10. The minimum atomic E-state index is -0.495. The average Bonchev–Trinajstić information content (AvgIpc) is 3.02. The summed E-state index contributed by atoms with van der Waals surface area (Å²) in [6.45, 7) is 6.06. The molecule has 7 heteroatoms. The van der Waals surface area contributed by atoms with E-state index < -0.39 is 5.41 Å². The molecule has 0 radical (unpaired) electrons. The molecule has 0 bridgehead atoms. The zero-order valence-electron chi connectivity index (χ0n) is 14.9. The molecule has 1 amide bonds. The van der Waals surface area contributed by atoms with Gasteiger partial charge in [-0.25, -0.2) is 0 Å². The summed E-state index contributed by atoms with van der Waals surface area (Å²) >= 11 is 3.11. The van der Waals surface area contributed by atoms with Crippen molar-refractivity contribution in [3.8, 4) is 0 Å². The molecule has 25 heavy (non-hydrogen) atoms. The normalized spacial score (nSPS) is 17.6. The highest BCUT2D eigenvalue weighted by molar-refractivity contribution is 8.01. The fourth-order valence-corrected chi connectivity index (χ4v) is 5.10. The van der Waals surface area contributed by atoms with E-state index in [2.05, 4.69) is 53.4 Å². The van der Waals surface area contributed by atoms with Crippen molar-refractivity contribution in [1.29, 1.82) is 0 Å². The Balaban J connectivity index is 1.81. The van der Waals surface area contributed by atoms with Gasteiger partial charge in [0.05, 0.1) is 5.41 Å². The van der Waals surface area contributed by atoms with Crippen LogP contribution in [0.1, 0.15) is 32.3 Å². The number of anilines is 1. The van der Waals surface area contributed by atoms with E-state index in [1.165, 1.54) is 11.3 Å². The van der Waals surface area contributed by atoms with Crippen LogP contribution in [0.5, 0.6) is 0 Å². The number of carbonyl (C=O) groups excluding carboxylic acids is 1. The lowest BCUT2D eigenvalue weighted by Crippen LogP contribution is -2.48. The summed E-state index contributed by atoms with van der Waals surface area (Å²) in [5.74, 6) is 0.0315. The molecule has 2 aromatic rings. The first-order chi connectivity index (χ1) is 12.0. The van der Waals surface area contributed by atoms with Gasteiger partial charge < -0.3 is 4.90 Å². The number of likely N-dealkylation sites (tertiary alicyclic amines) is 1. The maximum atomic E-state index is 13.2. The Morgan fingerprint density at radius 3 is 2.56 bits per heavy atom. The fraction of sp³-hybridized carbons (Fsp3) is 0.500. The van der Waals surface area contributed by atoms with Crippen LogP contribution in [0.4, 0.5) is 5.13 Å². The first-order valence-electron chi connectivity index (χ1n) is 8.55. The van der Waals surface area contributed by atoms with Gasteiger partial charge in [0.25, 0.3) is 0 Å². The highest BCUT2D eigenvalue weighted by atomic mass is 32.2. The third-order valence-electron chi connectivity index (χ3n) is 4.57. The predicted molar refractivity (Wildman–Crippen MR) is 104 cm³/mol. The van der Waals surface area contributed by atoms with Gasteiger partial charge in [0, 0.05) is 5.25 Å². The lowest BCUT2D eigenvalue weighted by Gasteiger charge is -2.39. The van der Waals surface area contributed by atoms with Gasteiger partial charge in [-0.2, -0.15) is 0 Å². The number of carbonyl (C=O) groups is 1. The maximum Gasteiger partial charge on any atom is 0.236 e. The van der Waals surface area contributed by atoms with Gasteiger partial charge in [-0.05, 0) is 38.5 Å². The second-order valence-electron chi connectivity index (χ2n) is 6.75. The van der Waals surface area contributed by atoms with Crippen LogP contribution in [-0.4, -0.2) is 46.4 Å². The van der Waals surface area contributed by atoms with E-state index >= 15 is 0 Å². The third kappa shape index (κ3) is 4.22. The minimum absolute atomic E-state index is 0.0315. The van der Waals surface area contributed by atoms with Gasteiger partial charge in [0.2, 0.25) is 11.0 Å². The summed E-state index contributed by atoms with van der Waals surface area (Å²) in [6, 6.07) is 10.1. The fourth-order valence-electron chi connectivity index (χ4n) is 3.13. The van der Waals surface area contributed by atoms with Crippen LogP contribution in [0.25, 0.3) is 0 Å². The van der Waals surface area contributed by atoms with Crippen LogP contribution in [-0.2, 0) is 10.2 Å². The number of hydrogen-bond acceptors (Lipinski definition) is 6. The van der Waals surface area contributed by atoms with Crippen molar-refractivity contribution in [2.24, 2.45) is 0 Å². The first-order valence-corrected chi connectivity index (χ1v) is 10.2. The number of benzene rings is 1. The van der Waals surface area contributed by atoms with Crippen LogP contribution in [0.15, 0.2) is 34.7 Å². The first kappa shape index (κ1) is 18.4. The quantitative estimate of drug-likeness (QED) is 0.638. The van der Waals surface area contributed by atoms with Crippen LogP contribution < -0.4 is 5.32 Å². The number of nitrogens with zero attached hydrogens (tertiary/aromatic N) is 3. The molecular weight excluding hydrogens is 352 g/mol.